The first-order valence-corrected chi connectivity index (χ1v) is 12.6. The lowest BCUT2D eigenvalue weighted by Crippen LogP contribution is -3.00. The van der Waals surface area contributed by atoms with E-state index in [1.165, 1.54) is 95.5 Å². The van der Waals surface area contributed by atoms with Crippen molar-refractivity contribution in [1.82, 2.24) is 0 Å². The molecule has 1 aromatic rings. The van der Waals surface area contributed by atoms with Gasteiger partial charge in [-0.15, -0.1) is 0 Å². The van der Waals surface area contributed by atoms with Gasteiger partial charge in [0.25, 0.3) is 0 Å². The van der Waals surface area contributed by atoms with Crippen LogP contribution >= 0.6 is 7.26 Å². The Morgan fingerprint density at radius 2 is 1.21 bits per heavy atom. The molecule has 0 unspecified atom stereocenters. The highest BCUT2D eigenvalue weighted by molar-refractivity contribution is 7.83. The molecule has 0 aliphatic carbocycles. The van der Waals surface area contributed by atoms with Crippen LogP contribution in [0.3, 0.4) is 0 Å². The Hall–Kier alpha value is 0.130. The monoisotopic (exact) mass is 412 g/mol. The second-order valence-corrected chi connectivity index (χ2v) is 11.7. The van der Waals surface area contributed by atoms with Crippen LogP contribution in [0.2, 0.25) is 0 Å². The van der Waals surface area contributed by atoms with Gasteiger partial charge >= 0.3 is 0 Å². The molecule has 0 radical (unpaired) electrons. The molecule has 138 valence electrons. The van der Waals surface area contributed by atoms with E-state index in [2.05, 4.69) is 37.3 Å². The number of rotatable bonds is 12. The Labute approximate surface area is 162 Å². The third kappa shape index (κ3) is 7.57. The summed E-state index contributed by atoms with van der Waals surface area (Å²) in [5.74, 6) is 0. The SMILES string of the molecule is CCCCCCCCCCCC[P+]1(c2ccccc2)CCCC1.[Br-]. The first-order chi connectivity index (χ1) is 11.4. The summed E-state index contributed by atoms with van der Waals surface area (Å²) in [4.78, 5) is 0. The second-order valence-electron chi connectivity index (χ2n) is 7.54. The molecule has 0 atom stereocenters. The van der Waals surface area contributed by atoms with Crippen LogP contribution in [0.4, 0.5) is 0 Å². The zero-order chi connectivity index (χ0) is 16.2. The molecule has 1 fully saturated rings. The van der Waals surface area contributed by atoms with Gasteiger partial charge in [-0.25, -0.2) is 0 Å². The van der Waals surface area contributed by atoms with E-state index in [0.29, 0.717) is 0 Å². The molecule has 1 heterocycles. The fourth-order valence-corrected chi connectivity index (χ4v) is 8.93. The van der Waals surface area contributed by atoms with E-state index in [0.717, 1.165) is 0 Å². The van der Waals surface area contributed by atoms with Crippen LogP contribution in [-0.4, -0.2) is 18.5 Å². The van der Waals surface area contributed by atoms with Crippen LogP contribution in [0.25, 0.3) is 0 Å². The Bertz CT molecular complexity index is 398. The van der Waals surface area contributed by atoms with Crippen molar-refractivity contribution in [2.24, 2.45) is 0 Å². The molecule has 1 aliphatic rings. The van der Waals surface area contributed by atoms with Crippen LogP contribution in [0, 0.1) is 0 Å². The summed E-state index contributed by atoms with van der Waals surface area (Å²) in [6.07, 6.45) is 22.2. The van der Waals surface area contributed by atoms with E-state index in [1.807, 2.05) is 0 Å². The van der Waals surface area contributed by atoms with Crippen molar-refractivity contribution in [2.45, 2.75) is 84.0 Å². The average molecular weight is 413 g/mol. The fourth-order valence-electron chi connectivity index (χ4n) is 4.20. The second kappa shape index (κ2) is 13.3. The van der Waals surface area contributed by atoms with Gasteiger partial charge in [-0.05, 0) is 37.8 Å². The van der Waals surface area contributed by atoms with Crippen molar-refractivity contribution in [3.05, 3.63) is 30.3 Å². The van der Waals surface area contributed by atoms with E-state index < -0.39 is 7.26 Å². The van der Waals surface area contributed by atoms with Gasteiger partial charge < -0.3 is 17.0 Å². The van der Waals surface area contributed by atoms with Crippen molar-refractivity contribution in [2.75, 3.05) is 18.5 Å². The quantitative estimate of drug-likeness (QED) is 0.358. The zero-order valence-electron chi connectivity index (χ0n) is 15.8. The maximum atomic E-state index is 2.43. The van der Waals surface area contributed by atoms with Crippen molar-refractivity contribution in [3.63, 3.8) is 0 Å². The molecular formula is C22H38BrP. The summed E-state index contributed by atoms with van der Waals surface area (Å²) in [7, 11) is -0.773. The average Bonchev–Trinajstić information content (AvgIpc) is 3.07. The van der Waals surface area contributed by atoms with Crippen LogP contribution in [0.1, 0.15) is 84.0 Å². The molecule has 1 aliphatic heterocycles. The van der Waals surface area contributed by atoms with Crippen LogP contribution < -0.4 is 22.3 Å². The van der Waals surface area contributed by atoms with Crippen molar-refractivity contribution in [1.29, 1.82) is 0 Å². The van der Waals surface area contributed by atoms with Crippen molar-refractivity contribution >= 4 is 12.6 Å². The highest BCUT2D eigenvalue weighted by Gasteiger charge is 2.42. The van der Waals surface area contributed by atoms with E-state index in [1.54, 1.807) is 5.30 Å². The Balaban J connectivity index is 0.00000288. The number of benzene rings is 1. The normalized spacial score (nSPS) is 16.0. The van der Waals surface area contributed by atoms with Gasteiger partial charge in [0.15, 0.2) is 0 Å². The van der Waals surface area contributed by atoms with Crippen LogP contribution in [0.15, 0.2) is 30.3 Å². The molecule has 0 saturated carbocycles. The van der Waals surface area contributed by atoms with Crippen LogP contribution in [0.5, 0.6) is 0 Å². The highest BCUT2D eigenvalue weighted by atomic mass is 79.9. The Morgan fingerprint density at radius 1 is 0.708 bits per heavy atom. The van der Waals surface area contributed by atoms with Crippen LogP contribution in [-0.2, 0) is 0 Å². The van der Waals surface area contributed by atoms with Gasteiger partial charge in [0.2, 0.25) is 0 Å². The number of hydrogen-bond acceptors (Lipinski definition) is 0. The zero-order valence-corrected chi connectivity index (χ0v) is 18.3. The Kier molecular flexibility index (Phi) is 12.3. The molecule has 2 heteroatoms. The summed E-state index contributed by atoms with van der Waals surface area (Å²) in [5.41, 5.74) is 0. The molecule has 0 amide bonds. The van der Waals surface area contributed by atoms with Gasteiger partial charge in [0.1, 0.15) is 0 Å². The third-order valence-electron chi connectivity index (χ3n) is 5.67. The lowest BCUT2D eigenvalue weighted by atomic mass is 10.1. The molecule has 24 heavy (non-hydrogen) atoms. The summed E-state index contributed by atoms with van der Waals surface area (Å²) in [6, 6.07) is 11.5. The minimum atomic E-state index is -0.773. The van der Waals surface area contributed by atoms with Gasteiger partial charge in [-0.1, -0.05) is 76.5 Å². The van der Waals surface area contributed by atoms with E-state index in [-0.39, 0.29) is 17.0 Å². The highest BCUT2D eigenvalue weighted by Crippen LogP contribution is 2.63. The summed E-state index contributed by atoms with van der Waals surface area (Å²) in [5, 5.41) is 1.73. The summed E-state index contributed by atoms with van der Waals surface area (Å²) < 4.78 is 0. The van der Waals surface area contributed by atoms with Gasteiger partial charge in [-0.3, -0.25) is 0 Å². The molecule has 0 spiro atoms. The standard InChI is InChI=1S/C22H38P.BrH/c1-2-3-4-5-6-7-8-9-10-14-19-23(20-15-16-21-23)22-17-12-11-13-18-22;/h11-13,17-18H,2-10,14-16,19-21H2,1H3;1H/q+1;/p-1. The maximum absolute atomic E-state index is 2.43. The number of unbranched alkanes of at least 4 members (excludes halogenated alkanes) is 9. The summed E-state index contributed by atoms with van der Waals surface area (Å²) in [6.45, 7) is 2.30. The van der Waals surface area contributed by atoms with E-state index >= 15 is 0 Å². The molecule has 0 aromatic heterocycles. The smallest absolute Gasteiger partial charge is 0.0939 e. The van der Waals surface area contributed by atoms with Gasteiger partial charge in [0, 0.05) is 7.26 Å². The first kappa shape index (κ1) is 22.2. The van der Waals surface area contributed by atoms with Gasteiger partial charge in [-0.2, -0.15) is 0 Å². The number of hydrogen-bond donors (Lipinski definition) is 0. The summed E-state index contributed by atoms with van der Waals surface area (Å²) >= 11 is 0. The van der Waals surface area contributed by atoms with E-state index in [9.17, 15) is 0 Å². The molecule has 2 rings (SSSR count). The lowest BCUT2D eigenvalue weighted by Gasteiger charge is -2.22. The minimum Gasteiger partial charge on any atom is -1.00 e. The first-order valence-electron chi connectivity index (χ1n) is 10.3. The lowest BCUT2D eigenvalue weighted by molar-refractivity contribution is -0.00000493. The largest absolute Gasteiger partial charge is 1.00 e. The molecular weight excluding hydrogens is 375 g/mol. The minimum absolute atomic E-state index is 0. The molecule has 1 aromatic carbocycles. The molecule has 0 N–H and O–H groups in total. The molecule has 0 bridgehead atoms. The molecule has 0 nitrogen and oxygen atoms in total. The van der Waals surface area contributed by atoms with Crippen molar-refractivity contribution in [3.8, 4) is 0 Å². The maximum Gasteiger partial charge on any atom is 0.0939 e. The van der Waals surface area contributed by atoms with E-state index in [4.69, 9.17) is 0 Å². The Morgan fingerprint density at radius 3 is 1.75 bits per heavy atom. The van der Waals surface area contributed by atoms with Crippen molar-refractivity contribution < 1.29 is 17.0 Å². The predicted molar refractivity (Wildman–Crippen MR) is 109 cm³/mol. The molecule has 1 saturated heterocycles. The fraction of sp³-hybridized carbons (Fsp3) is 0.727. The topological polar surface area (TPSA) is 0 Å². The third-order valence-corrected chi connectivity index (χ3v) is 10.6. The number of halogens is 1. The van der Waals surface area contributed by atoms with Gasteiger partial charge in [0.05, 0.1) is 23.8 Å². The predicted octanol–water partition coefficient (Wildman–Crippen LogP) is 4.05.